The number of carbonyl (C=O) groups is 1. The lowest BCUT2D eigenvalue weighted by Gasteiger charge is -2.16. The van der Waals surface area contributed by atoms with Crippen LogP contribution >= 0.6 is 11.8 Å². The molecule has 29 heavy (non-hydrogen) atoms. The zero-order valence-electron chi connectivity index (χ0n) is 16.0. The van der Waals surface area contributed by atoms with E-state index in [1.807, 2.05) is 104 Å². The molecule has 0 fully saturated rings. The van der Waals surface area contributed by atoms with Gasteiger partial charge in [-0.05, 0) is 18.6 Å². The Labute approximate surface area is 174 Å². The largest absolute Gasteiger partial charge is 0.293 e. The number of hydrogen-bond donors (Lipinski definition) is 0. The summed E-state index contributed by atoms with van der Waals surface area (Å²) in [4.78, 5) is 22.7. The molecule has 142 valence electrons. The molecule has 0 N–H and O–H groups in total. The molecule has 1 atom stereocenters. The molecule has 4 rings (SSSR count). The zero-order chi connectivity index (χ0) is 20.1. The van der Waals surface area contributed by atoms with Crippen LogP contribution in [0.25, 0.3) is 11.3 Å². The van der Waals surface area contributed by atoms with Crippen molar-refractivity contribution in [3.05, 3.63) is 114 Å². The molecule has 0 bridgehead atoms. The van der Waals surface area contributed by atoms with Crippen molar-refractivity contribution in [2.24, 2.45) is 0 Å². The van der Waals surface area contributed by atoms with Crippen LogP contribution < -0.4 is 0 Å². The number of nitrogens with zero attached hydrogens (tertiary/aromatic N) is 2. The van der Waals surface area contributed by atoms with Gasteiger partial charge in [-0.25, -0.2) is 9.97 Å². The minimum absolute atomic E-state index is 0.0492. The van der Waals surface area contributed by atoms with Crippen molar-refractivity contribution in [2.45, 2.75) is 17.3 Å². The van der Waals surface area contributed by atoms with Gasteiger partial charge in [-0.3, -0.25) is 4.79 Å². The van der Waals surface area contributed by atoms with Gasteiger partial charge in [0.1, 0.15) is 5.25 Å². The van der Waals surface area contributed by atoms with Gasteiger partial charge in [0.15, 0.2) is 10.9 Å². The van der Waals surface area contributed by atoms with Crippen LogP contribution in [0.1, 0.15) is 26.9 Å². The highest BCUT2D eigenvalue weighted by atomic mass is 32.2. The Hall–Kier alpha value is -3.24. The zero-order valence-corrected chi connectivity index (χ0v) is 16.8. The summed E-state index contributed by atoms with van der Waals surface area (Å²) in [5.41, 5.74) is 4.40. The van der Waals surface area contributed by atoms with Crippen molar-refractivity contribution in [1.29, 1.82) is 0 Å². The van der Waals surface area contributed by atoms with Gasteiger partial charge in [0.05, 0.1) is 5.69 Å². The number of rotatable bonds is 6. The summed E-state index contributed by atoms with van der Waals surface area (Å²) >= 11 is 1.40. The summed E-state index contributed by atoms with van der Waals surface area (Å²) < 4.78 is 0. The molecule has 1 aromatic heterocycles. The summed E-state index contributed by atoms with van der Waals surface area (Å²) in [6.45, 7) is 1.95. The lowest BCUT2D eigenvalue weighted by molar-refractivity contribution is 0.0989. The molecular weight excluding hydrogens is 376 g/mol. The van der Waals surface area contributed by atoms with E-state index in [0.29, 0.717) is 10.7 Å². The van der Waals surface area contributed by atoms with Gasteiger partial charge in [0.2, 0.25) is 0 Å². The minimum atomic E-state index is -0.413. The first-order valence-corrected chi connectivity index (χ1v) is 10.3. The molecule has 0 aliphatic heterocycles. The number of carbonyl (C=O) groups excluding carboxylic acids is 1. The Morgan fingerprint density at radius 3 is 2.03 bits per heavy atom. The fraction of sp³-hybridized carbons (Fsp3) is 0.0800. The van der Waals surface area contributed by atoms with Crippen LogP contribution in [0.5, 0.6) is 0 Å². The SMILES string of the molecule is Cc1cc(-c2ccccc2)nc(SC(C(=O)c2ccccc2)c2ccccc2)n1. The Morgan fingerprint density at radius 2 is 1.38 bits per heavy atom. The topological polar surface area (TPSA) is 42.9 Å². The Morgan fingerprint density at radius 1 is 0.793 bits per heavy atom. The number of ketones is 1. The van der Waals surface area contributed by atoms with Gasteiger partial charge in [-0.1, -0.05) is 103 Å². The molecule has 3 nitrogen and oxygen atoms in total. The average Bonchev–Trinajstić information content (AvgIpc) is 2.78. The van der Waals surface area contributed by atoms with Crippen LogP contribution in [-0.4, -0.2) is 15.8 Å². The van der Waals surface area contributed by atoms with Crippen molar-refractivity contribution < 1.29 is 4.79 Å². The van der Waals surface area contributed by atoms with Crippen LogP contribution in [0.3, 0.4) is 0 Å². The minimum Gasteiger partial charge on any atom is -0.293 e. The molecule has 0 spiro atoms. The van der Waals surface area contributed by atoms with Crippen molar-refractivity contribution in [1.82, 2.24) is 9.97 Å². The smallest absolute Gasteiger partial charge is 0.189 e. The molecule has 0 amide bonds. The number of aromatic nitrogens is 2. The molecule has 1 heterocycles. The second kappa shape index (κ2) is 8.84. The first-order valence-electron chi connectivity index (χ1n) is 9.43. The quantitative estimate of drug-likeness (QED) is 0.222. The number of hydrogen-bond acceptors (Lipinski definition) is 4. The number of Topliss-reactive ketones (excluding diaryl/α,β-unsaturated/α-hetero) is 1. The fourth-order valence-corrected chi connectivity index (χ4v) is 4.21. The summed E-state index contributed by atoms with van der Waals surface area (Å²) in [6.07, 6.45) is 0. The molecule has 0 aliphatic carbocycles. The highest BCUT2D eigenvalue weighted by Crippen LogP contribution is 2.37. The van der Waals surface area contributed by atoms with Gasteiger partial charge in [-0.15, -0.1) is 0 Å². The number of thioether (sulfide) groups is 1. The van der Waals surface area contributed by atoms with E-state index in [2.05, 4.69) is 4.98 Å². The lowest BCUT2D eigenvalue weighted by Crippen LogP contribution is -2.11. The highest BCUT2D eigenvalue weighted by Gasteiger charge is 2.24. The first-order chi connectivity index (χ1) is 14.2. The van der Waals surface area contributed by atoms with Gasteiger partial charge in [0, 0.05) is 16.8 Å². The maximum atomic E-state index is 13.3. The fourth-order valence-electron chi connectivity index (χ4n) is 3.11. The van der Waals surface area contributed by atoms with E-state index < -0.39 is 5.25 Å². The molecule has 3 aromatic carbocycles. The molecule has 0 radical (unpaired) electrons. The monoisotopic (exact) mass is 396 g/mol. The first kappa shape index (κ1) is 19.1. The predicted molar refractivity (Wildman–Crippen MR) is 118 cm³/mol. The molecule has 0 saturated carbocycles. The third kappa shape index (κ3) is 4.61. The van der Waals surface area contributed by atoms with Gasteiger partial charge in [0.25, 0.3) is 0 Å². The van der Waals surface area contributed by atoms with Crippen LogP contribution in [0, 0.1) is 6.92 Å². The summed E-state index contributed by atoms with van der Waals surface area (Å²) in [5, 5.41) is 0.186. The van der Waals surface area contributed by atoms with E-state index >= 15 is 0 Å². The van der Waals surface area contributed by atoms with Gasteiger partial charge < -0.3 is 0 Å². The van der Waals surface area contributed by atoms with E-state index in [-0.39, 0.29) is 5.78 Å². The Balaban J connectivity index is 1.72. The van der Waals surface area contributed by atoms with Crippen molar-refractivity contribution in [2.75, 3.05) is 0 Å². The van der Waals surface area contributed by atoms with E-state index in [1.165, 1.54) is 11.8 Å². The van der Waals surface area contributed by atoms with Crippen LogP contribution in [0.2, 0.25) is 0 Å². The summed E-state index contributed by atoms with van der Waals surface area (Å²) in [7, 11) is 0. The summed E-state index contributed by atoms with van der Waals surface area (Å²) in [5.74, 6) is 0.0492. The van der Waals surface area contributed by atoms with Crippen LogP contribution in [-0.2, 0) is 0 Å². The Bertz CT molecular complexity index is 1100. The predicted octanol–water partition coefficient (Wildman–Crippen LogP) is 6.17. The van der Waals surface area contributed by atoms with E-state index in [4.69, 9.17) is 4.98 Å². The average molecular weight is 397 g/mol. The third-order valence-electron chi connectivity index (χ3n) is 4.53. The van der Waals surface area contributed by atoms with Crippen molar-refractivity contribution in [3.63, 3.8) is 0 Å². The molecule has 1 unspecified atom stereocenters. The maximum Gasteiger partial charge on any atom is 0.189 e. The Kier molecular flexibility index (Phi) is 5.82. The van der Waals surface area contributed by atoms with E-state index in [9.17, 15) is 4.79 Å². The van der Waals surface area contributed by atoms with Crippen molar-refractivity contribution in [3.8, 4) is 11.3 Å². The molecule has 4 aromatic rings. The third-order valence-corrected chi connectivity index (χ3v) is 5.64. The molecule has 0 aliphatic rings. The molecular formula is C25H20N2OS. The van der Waals surface area contributed by atoms with E-state index in [0.717, 1.165) is 22.5 Å². The second-order valence-corrected chi connectivity index (χ2v) is 7.75. The normalized spacial score (nSPS) is 11.8. The second-order valence-electron chi connectivity index (χ2n) is 6.68. The summed E-state index contributed by atoms with van der Waals surface area (Å²) in [6, 6.07) is 31.2. The van der Waals surface area contributed by atoms with Crippen LogP contribution in [0.15, 0.2) is 102 Å². The van der Waals surface area contributed by atoms with Gasteiger partial charge in [-0.2, -0.15) is 0 Å². The highest BCUT2D eigenvalue weighted by molar-refractivity contribution is 8.00. The standard InChI is InChI=1S/C25H20N2OS/c1-18-17-22(19-11-5-2-6-12-19)27-25(26-18)29-24(21-15-9-4-10-16-21)23(28)20-13-7-3-8-14-20/h2-17,24H,1H3. The molecule has 0 saturated heterocycles. The van der Waals surface area contributed by atoms with Crippen LogP contribution in [0.4, 0.5) is 0 Å². The van der Waals surface area contributed by atoms with Gasteiger partial charge >= 0.3 is 0 Å². The number of benzene rings is 3. The van der Waals surface area contributed by atoms with E-state index in [1.54, 1.807) is 0 Å². The van der Waals surface area contributed by atoms with Crippen molar-refractivity contribution >= 4 is 17.5 Å². The molecule has 4 heteroatoms. The lowest BCUT2D eigenvalue weighted by atomic mass is 10.0. The number of aryl methyl sites for hydroxylation is 1. The maximum absolute atomic E-state index is 13.3.